The summed E-state index contributed by atoms with van der Waals surface area (Å²) in [5.74, 6) is 0.0222. The van der Waals surface area contributed by atoms with E-state index < -0.39 is 0 Å². The van der Waals surface area contributed by atoms with Crippen LogP contribution in [0.1, 0.15) is 37.7 Å². The number of nitrogens with zero attached hydrogens (tertiary/aromatic N) is 3. The second-order valence-electron chi connectivity index (χ2n) is 8.24. The number of H-pyrrole nitrogens is 1. The van der Waals surface area contributed by atoms with Crippen molar-refractivity contribution in [2.75, 3.05) is 39.3 Å². The van der Waals surface area contributed by atoms with E-state index in [1.54, 1.807) is 0 Å². The van der Waals surface area contributed by atoms with Crippen LogP contribution in [0.4, 0.5) is 0 Å². The second-order valence-corrected chi connectivity index (χ2v) is 8.24. The van der Waals surface area contributed by atoms with Crippen molar-refractivity contribution < 1.29 is 14.6 Å². The zero-order chi connectivity index (χ0) is 18.0. The summed E-state index contributed by atoms with van der Waals surface area (Å²) in [6.45, 7) is 5.59. The van der Waals surface area contributed by atoms with Crippen LogP contribution in [-0.4, -0.2) is 82.5 Å². The first-order chi connectivity index (χ1) is 12.6. The van der Waals surface area contributed by atoms with E-state index in [0.717, 1.165) is 77.8 Å². The number of aromatic nitrogens is 2. The maximum atomic E-state index is 12.6. The van der Waals surface area contributed by atoms with E-state index in [1.807, 2.05) is 12.4 Å². The molecule has 0 aliphatic carbocycles. The van der Waals surface area contributed by atoms with Crippen molar-refractivity contribution in [1.82, 2.24) is 20.0 Å². The Morgan fingerprint density at radius 1 is 1.23 bits per heavy atom. The van der Waals surface area contributed by atoms with E-state index in [0.29, 0.717) is 0 Å². The minimum absolute atomic E-state index is 0.0222. The number of esters is 1. The Hall–Kier alpha value is -1.44. The molecule has 0 bridgehead atoms. The van der Waals surface area contributed by atoms with Gasteiger partial charge in [-0.1, -0.05) is 0 Å². The maximum Gasteiger partial charge on any atom is 0.312 e. The number of hydrogen-bond donors (Lipinski definition) is 2. The smallest absolute Gasteiger partial charge is 0.312 e. The van der Waals surface area contributed by atoms with Gasteiger partial charge in [-0.05, 0) is 50.8 Å². The van der Waals surface area contributed by atoms with E-state index in [4.69, 9.17) is 4.74 Å². The van der Waals surface area contributed by atoms with Crippen LogP contribution in [-0.2, 0) is 16.0 Å². The van der Waals surface area contributed by atoms with Gasteiger partial charge in [0, 0.05) is 38.8 Å². The number of aliphatic hydroxyl groups excluding tert-OH is 1. The largest absolute Gasteiger partial charge is 0.461 e. The fourth-order valence-corrected chi connectivity index (χ4v) is 4.64. The lowest BCUT2D eigenvalue weighted by molar-refractivity contribution is -0.151. The lowest BCUT2D eigenvalue weighted by atomic mass is 9.76. The third-order valence-electron chi connectivity index (χ3n) is 6.43. The average Bonchev–Trinajstić information content (AvgIpc) is 3.26. The highest BCUT2D eigenvalue weighted by molar-refractivity contribution is 5.79. The summed E-state index contributed by atoms with van der Waals surface area (Å²) in [7, 11) is 0. The number of aliphatic hydroxyl groups is 1. The minimum Gasteiger partial charge on any atom is -0.461 e. The predicted molar refractivity (Wildman–Crippen MR) is 96.6 cm³/mol. The molecule has 0 radical (unpaired) electrons. The summed E-state index contributed by atoms with van der Waals surface area (Å²) in [5.41, 5.74) is 0.976. The number of carbonyl (C=O) groups is 1. The minimum atomic E-state index is -0.258. The summed E-state index contributed by atoms with van der Waals surface area (Å²) >= 11 is 0. The molecule has 3 aliphatic rings. The van der Waals surface area contributed by atoms with Gasteiger partial charge >= 0.3 is 5.97 Å². The van der Waals surface area contributed by atoms with Crippen LogP contribution in [0.2, 0.25) is 0 Å². The van der Waals surface area contributed by atoms with Crippen LogP contribution in [0.25, 0.3) is 0 Å². The molecule has 3 aliphatic heterocycles. The Morgan fingerprint density at radius 3 is 2.69 bits per heavy atom. The standard InChI is InChI=1S/C19H30N4O3/c24-16-2-7-23(8-3-16)14-17-11-19(18(25)26-17)4-9-22(10-5-19)6-1-15-12-20-21-13-15/h12-13,16-17,24H,1-11,14H2,(H,20,21). The molecule has 0 saturated carbocycles. The molecule has 1 spiro atoms. The number of ether oxygens (including phenoxy) is 1. The zero-order valence-corrected chi connectivity index (χ0v) is 15.4. The van der Waals surface area contributed by atoms with Gasteiger partial charge in [-0.25, -0.2) is 0 Å². The first-order valence-electron chi connectivity index (χ1n) is 9.94. The molecule has 2 N–H and O–H groups in total. The molecular weight excluding hydrogens is 332 g/mol. The lowest BCUT2D eigenvalue weighted by Gasteiger charge is -2.36. The number of carbonyl (C=O) groups excluding carboxylic acids is 1. The van der Waals surface area contributed by atoms with Crippen LogP contribution >= 0.6 is 0 Å². The SMILES string of the molecule is O=C1OC(CN2CCC(O)CC2)CC12CCN(CCc1cn[nH]c1)CC2. The number of hydrogen-bond acceptors (Lipinski definition) is 6. The number of likely N-dealkylation sites (tertiary alicyclic amines) is 2. The topological polar surface area (TPSA) is 81.7 Å². The van der Waals surface area contributed by atoms with Crippen molar-refractivity contribution in [3.05, 3.63) is 18.0 Å². The van der Waals surface area contributed by atoms with Crippen molar-refractivity contribution >= 4 is 5.97 Å². The highest BCUT2D eigenvalue weighted by atomic mass is 16.6. The van der Waals surface area contributed by atoms with Crippen LogP contribution in [0.15, 0.2) is 12.4 Å². The van der Waals surface area contributed by atoms with Crippen molar-refractivity contribution in [1.29, 1.82) is 0 Å². The van der Waals surface area contributed by atoms with E-state index >= 15 is 0 Å². The first-order valence-corrected chi connectivity index (χ1v) is 9.94. The molecule has 1 atom stereocenters. The van der Waals surface area contributed by atoms with Crippen LogP contribution in [0.5, 0.6) is 0 Å². The van der Waals surface area contributed by atoms with Gasteiger partial charge in [0.15, 0.2) is 0 Å². The van der Waals surface area contributed by atoms with Crippen LogP contribution in [0, 0.1) is 5.41 Å². The molecule has 0 aromatic carbocycles. The van der Waals surface area contributed by atoms with Gasteiger partial charge in [0.1, 0.15) is 6.10 Å². The normalized spacial score (nSPS) is 27.9. The number of piperidine rings is 2. The summed E-state index contributed by atoms with van der Waals surface area (Å²) in [6.07, 6.45) is 9.03. The molecule has 4 heterocycles. The molecule has 144 valence electrons. The number of nitrogens with one attached hydrogen (secondary N) is 1. The van der Waals surface area contributed by atoms with Gasteiger partial charge in [-0.3, -0.25) is 14.8 Å². The molecule has 3 saturated heterocycles. The van der Waals surface area contributed by atoms with Gasteiger partial charge in [-0.15, -0.1) is 0 Å². The lowest BCUT2D eigenvalue weighted by Crippen LogP contribution is -2.43. The van der Waals surface area contributed by atoms with Gasteiger partial charge in [0.2, 0.25) is 0 Å². The maximum absolute atomic E-state index is 12.6. The molecule has 0 amide bonds. The summed E-state index contributed by atoms with van der Waals surface area (Å²) < 4.78 is 5.76. The third kappa shape index (κ3) is 3.94. The molecule has 26 heavy (non-hydrogen) atoms. The van der Waals surface area contributed by atoms with E-state index in [-0.39, 0.29) is 23.6 Å². The highest BCUT2D eigenvalue weighted by Crippen LogP contribution is 2.43. The van der Waals surface area contributed by atoms with Crippen molar-refractivity contribution in [2.24, 2.45) is 5.41 Å². The first kappa shape index (κ1) is 17.9. The Balaban J connectivity index is 1.25. The molecular formula is C19H30N4O3. The monoisotopic (exact) mass is 362 g/mol. The number of aromatic amines is 1. The molecule has 7 nitrogen and oxygen atoms in total. The summed E-state index contributed by atoms with van der Waals surface area (Å²) in [4.78, 5) is 17.4. The molecule has 4 rings (SSSR count). The van der Waals surface area contributed by atoms with Crippen LogP contribution in [0.3, 0.4) is 0 Å². The number of cyclic esters (lactones) is 1. The fraction of sp³-hybridized carbons (Fsp3) is 0.789. The van der Waals surface area contributed by atoms with Crippen LogP contribution < -0.4 is 0 Å². The average molecular weight is 362 g/mol. The molecule has 7 heteroatoms. The molecule has 1 unspecified atom stereocenters. The summed E-state index contributed by atoms with van der Waals surface area (Å²) in [6, 6.07) is 0. The van der Waals surface area contributed by atoms with Gasteiger partial charge in [0.05, 0.1) is 17.7 Å². The number of rotatable bonds is 5. The van der Waals surface area contributed by atoms with Crippen molar-refractivity contribution in [3.8, 4) is 0 Å². The summed E-state index contributed by atoms with van der Waals surface area (Å²) in [5, 5.41) is 16.5. The van der Waals surface area contributed by atoms with E-state index in [2.05, 4.69) is 20.0 Å². The predicted octanol–water partition coefficient (Wildman–Crippen LogP) is 0.807. The molecule has 1 aromatic rings. The van der Waals surface area contributed by atoms with E-state index in [9.17, 15) is 9.90 Å². The Morgan fingerprint density at radius 2 is 2.00 bits per heavy atom. The van der Waals surface area contributed by atoms with Gasteiger partial charge in [-0.2, -0.15) is 5.10 Å². The zero-order valence-electron chi connectivity index (χ0n) is 15.4. The Bertz CT molecular complexity index is 590. The molecule has 3 fully saturated rings. The quantitative estimate of drug-likeness (QED) is 0.755. The Labute approximate surface area is 154 Å². The van der Waals surface area contributed by atoms with Crippen molar-refractivity contribution in [3.63, 3.8) is 0 Å². The molecule has 1 aromatic heterocycles. The third-order valence-corrected chi connectivity index (χ3v) is 6.43. The van der Waals surface area contributed by atoms with E-state index in [1.165, 1.54) is 5.56 Å². The fourth-order valence-electron chi connectivity index (χ4n) is 4.64. The highest BCUT2D eigenvalue weighted by Gasteiger charge is 2.50. The van der Waals surface area contributed by atoms with Gasteiger partial charge < -0.3 is 14.7 Å². The van der Waals surface area contributed by atoms with Crippen molar-refractivity contribution in [2.45, 2.75) is 50.7 Å². The van der Waals surface area contributed by atoms with Gasteiger partial charge in [0.25, 0.3) is 0 Å². The second kappa shape index (κ2) is 7.66. The Kier molecular flexibility index (Phi) is 5.29.